The molecule has 1 fully saturated rings. The van der Waals surface area contributed by atoms with E-state index in [1.807, 2.05) is 20.8 Å². The third-order valence-corrected chi connectivity index (χ3v) is 4.63. The molecule has 0 radical (unpaired) electrons. The second kappa shape index (κ2) is 3.80. The molecule has 1 aliphatic heterocycles. The summed E-state index contributed by atoms with van der Waals surface area (Å²) in [6.07, 6.45) is 0.661. The largest absolute Gasteiger partial charge is 0.479 e. The van der Waals surface area contributed by atoms with E-state index in [1.165, 1.54) is 0 Å². The first-order valence-corrected chi connectivity index (χ1v) is 6.49. The number of nitrogens with zero attached hydrogens (tertiary/aromatic N) is 2. The molecule has 1 aromatic rings. The predicted octanol–water partition coefficient (Wildman–Crippen LogP) is 1.73. The lowest BCUT2D eigenvalue weighted by Crippen LogP contribution is -2.43. The number of hydrogen-bond acceptors (Lipinski definition) is 3. The molecule has 4 nitrogen and oxygen atoms in total. The molecule has 0 amide bonds. The lowest BCUT2D eigenvalue weighted by molar-refractivity contribution is -0.146. The topological polar surface area (TPSA) is 55.1 Å². The quantitative estimate of drug-likeness (QED) is 0.855. The van der Waals surface area contributed by atoms with Crippen molar-refractivity contribution in [3.8, 4) is 0 Å². The fourth-order valence-corrected chi connectivity index (χ4v) is 3.47. The van der Waals surface area contributed by atoms with Gasteiger partial charge in [0.2, 0.25) is 0 Å². The van der Waals surface area contributed by atoms with Crippen molar-refractivity contribution in [3.05, 3.63) is 17.0 Å². The summed E-state index contributed by atoms with van der Waals surface area (Å²) >= 11 is 1.69. The summed E-state index contributed by atoms with van der Waals surface area (Å²) in [4.78, 5) is 11.5. The smallest absolute Gasteiger partial charge is 0.332 e. The number of carboxylic acid groups (broad SMARTS) is 1. The highest BCUT2D eigenvalue weighted by atomic mass is 32.2. The minimum Gasteiger partial charge on any atom is -0.479 e. The Balaban J connectivity index is 2.56. The average molecular weight is 240 g/mol. The van der Waals surface area contributed by atoms with Crippen molar-refractivity contribution < 1.29 is 9.90 Å². The number of rotatable bonds is 2. The molecule has 0 bridgehead atoms. The van der Waals surface area contributed by atoms with Gasteiger partial charge in [-0.25, -0.2) is 4.79 Å². The van der Waals surface area contributed by atoms with Gasteiger partial charge in [-0.15, -0.1) is 0 Å². The average Bonchev–Trinajstić information content (AvgIpc) is 2.80. The van der Waals surface area contributed by atoms with Crippen LogP contribution >= 0.6 is 11.8 Å². The highest BCUT2D eigenvalue weighted by Crippen LogP contribution is 2.36. The van der Waals surface area contributed by atoms with Crippen molar-refractivity contribution >= 4 is 17.7 Å². The van der Waals surface area contributed by atoms with Crippen LogP contribution < -0.4 is 0 Å². The maximum absolute atomic E-state index is 11.5. The summed E-state index contributed by atoms with van der Waals surface area (Å²) in [5, 5.41) is 13.9. The van der Waals surface area contributed by atoms with Crippen molar-refractivity contribution in [2.45, 2.75) is 32.7 Å². The summed E-state index contributed by atoms with van der Waals surface area (Å²) in [6, 6.07) is 0. The van der Waals surface area contributed by atoms with E-state index < -0.39 is 11.5 Å². The Kier molecular flexibility index (Phi) is 2.74. The normalized spacial score (nSPS) is 24.9. The van der Waals surface area contributed by atoms with Crippen LogP contribution in [0.5, 0.6) is 0 Å². The van der Waals surface area contributed by atoms with Gasteiger partial charge in [0.15, 0.2) is 5.54 Å². The first kappa shape index (κ1) is 11.5. The van der Waals surface area contributed by atoms with Crippen LogP contribution in [0.4, 0.5) is 0 Å². The van der Waals surface area contributed by atoms with Crippen LogP contribution in [-0.4, -0.2) is 32.4 Å². The molecule has 0 saturated carbocycles. The van der Waals surface area contributed by atoms with Gasteiger partial charge in [-0.3, -0.25) is 4.68 Å². The van der Waals surface area contributed by atoms with Crippen LogP contribution in [0.3, 0.4) is 0 Å². The number of carboxylic acids is 1. The van der Waals surface area contributed by atoms with Gasteiger partial charge in [-0.05, 0) is 38.5 Å². The van der Waals surface area contributed by atoms with Crippen molar-refractivity contribution in [1.82, 2.24) is 9.78 Å². The molecule has 1 aromatic heterocycles. The first-order chi connectivity index (χ1) is 7.49. The molecule has 88 valence electrons. The summed E-state index contributed by atoms with van der Waals surface area (Å²) in [5.41, 5.74) is 2.17. The maximum Gasteiger partial charge on any atom is 0.332 e. The van der Waals surface area contributed by atoms with Gasteiger partial charge in [-0.1, -0.05) is 0 Å². The van der Waals surface area contributed by atoms with Crippen LogP contribution in [0.1, 0.15) is 23.4 Å². The van der Waals surface area contributed by atoms with E-state index in [9.17, 15) is 9.90 Å². The van der Waals surface area contributed by atoms with Crippen molar-refractivity contribution in [2.75, 3.05) is 11.5 Å². The fraction of sp³-hybridized carbons (Fsp3) is 0.636. The fourth-order valence-electron chi connectivity index (χ4n) is 2.12. The number of carbonyl (C=O) groups is 1. The molecule has 1 atom stereocenters. The van der Waals surface area contributed by atoms with Crippen LogP contribution in [0.25, 0.3) is 0 Å². The van der Waals surface area contributed by atoms with Gasteiger partial charge in [0, 0.05) is 11.4 Å². The molecule has 1 N–H and O–H groups in total. The zero-order valence-corrected chi connectivity index (χ0v) is 10.6. The molecule has 0 spiro atoms. The van der Waals surface area contributed by atoms with Gasteiger partial charge in [0.05, 0.1) is 5.69 Å². The zero-order valence-electron chi connectivity index (χ0n) is 9.78. The molecule has 0 aliphatic carbocycles. The van der Waals surface area contributed by atoms with Gasteiger partial charge >= 0.3 is 5.97 Å². The number of aromatic nitrogens is 2. The van der Waals surface area contributed by atoms with E-state index in [-0.39, 0.29) is 0 Å². The first-order valence-electron chi connectivity index (χ1n) is 5.33. The second-order valence-electron chi connectivity index (χ2n) is 4.35. The molecular formula is C11H16N2O2S. The Morgan fingerprint density at radius 3 is 2.56 bits per heavy atom. The molecule has 2 heterocycles. The van der Waals surface area contributed by atoms with Gasteiger partial charge in [-0.2, -0.15) is 16.9 Å². The monoisotopic (exact) mass is 240 g/mol. The third-order valence-electron chi connectivity index (χ3n) is 3.46. The van der Waals surface area contributed by atoms with E-state index in [0.717, 1.165) is 22.7 Å². The highest BCUT2D eigenvalue weighted by molar-refractivity contribution is 7.99. The molecule has 2 rings (SSSR count). The molecule has 0 aromatic carbocycles. The number of hydrogen-bond donors (Lipinski definition) is 1. The second-order valence-corrected chi connectivity index (χ2v) is 5.45. The maximum atomic E-state index is 11.5. The van der Waals surface area contributed by atoms with Crippen LogP contribution in [-0.2, 0) is 10.3 Å². The van der Waals surface area contributed by atoms with Crippen LogP contribution in [0.15, 0.2) is 0 Å². The zero-order chi connectivity index (χ0) is 11.9. The minimum absolute atomic E-state index is 0.615. The summed E-state index contributed by atoms with van der Waals surface area (Å²) in [7, 11) is 0. The number of aliphatic carboxylic acids is 1. The molecule has 1 unspecified atom stereocenters. The highest BCUT2D eigenvalue weighted by Gasteiger charge is 2.45. The Labute approximate surface area is 99.0 Å². The van der Waals surface area contributed by atoms with Gasteiger partial charge < -0.3 is 5.11 Å². The summed E-state index contributed by atoms with van der Waals surface area (Å²) in [5.74, 6) is 0.746. The third kappa shape index (κ3) is 1.45. The van der Waals surface area contributed by atoms with E-state index in [4.69, 9.17) is 0 Å². The predicted molar refractivity (Wildman–Crippen MR) is 64.0 cm³/mol. The lowest BCUT2D eigenvalue weighted by atomic mass is 9.99. The Hall–Kier alpha value is -0.970. The Bertz CT molecular complexity index is 433. The van der Waals surface area contributed by atoms with E-state index >= 15 is 0 Å². The molecule has 16 heavy (non-hydrogen) atoms. The number of aryl methyl sites for hydroxylation is 1. The van der Waals surface area contributed by atoms with Gasteiger partial charge in [0.1, 0.15) is 0 Å². The standard InChI is InChI=1S/C11H16N2O2S/c1-7-8(2)12-13(9(7)3)11(10(14)15)4-5-16-6-11/h4-6H2,1-3H3,(H,14,15). The minimum atomic E-state index is -0.826. The van der Waals surface area contributed by atoms with E-state index in [0.29, 0.717) is 12.2 Å². The SMILES string of the molecule is Cc1nn(C2(C(=O)O)CCSC2)c(C)c1C. The molecular weight excluding hydrogens is 224 g/mol. The van der Waals surface area contributed by atoms with Crippen LogP contribution in [0, 0.1) is 20.8 Å². The van der Waals surface area contributed by atoms with Crippen molar-refractivity contribution in [2.24, 2.45) is 0 Å². The molecule has 1 saturated heterocycles. The molecule has 1 aliphatic rings. The van der Waals surface area contributed by atoms with Crippen molar-refractivity contribution in [1.29, 1.82) is 0 Å². The van der Waals surface area contributed by atoms with Crippen LogP contribution in [0.2, 0.25) is 0 Å². The molecule has 5 heteroatoms. The van der Waals surface area contributed by atoms with E-state index in [2.05, 4.69) is 5.10 Å². The summed E-state index contributed by atoms with van der Waals surface area (Å²) < 4.78 is 1.72. The van der Waals surface area contributed by atoms with E-state index in [1.54, 1.807) is 16.4 Å². The Morgan fingerprint density at radius 2 is 2.19 bits per heavy atom. The lowest BCUT2D eigenvalue weighted by Gasteiger charge is -2.25. The number of thioether (sulfide) groups is 1. The summed E-state index contributed by atoms with van der Waals surface area (Å²) in [6.45, 7) is 5.87. The van der Waals surface area contributed by atoms with Gasteiger partial charge in [0.25, 0.3) is 0 Å². The Morgan fingerprint density at radius 1 is 1.50 bits per heavy atom. The van der Waals surface area contributed by atoms with Crippen molar-refractivity contribution in [3.63, 3.8) is 0 Å².